The van der Waals surface area contributed by atoms with Crippen molar-refractivity contribution in [2.45, 2.75) is 38.6 Å². The smallest absolute Gasteiger partial charge is 0.305 e. The summed E-state index contributed by atoms with van der Waals surface area (Å²) < 4.78 is 18.1. The first-order valence-corrected chi connectivity index (χ1v) is 10.5. The van der Waals surface area contributed by atoms with E-state index in [1.807, 2.05) is 30.3 Å². The van der Waals surface area contributed by atoms with Crippen molar-refractivity contribution >= 4 is 17.0 Å². The third kappa shape index (κ3) is 5.83. The minimum atomic E-state index is -0.155. The number of hydrogen-bond donors (Lipinski definition) is 0. The third-order valence-corrected chi connectivity index (χ3v) is 5.00. The van der Waals surface area contributed by atoms with Crippen molar-refractivity contribution in [3.63, 3.8) is 0 Å². The lowest BCUT2D eigenvalue weighted by Gasteiger charge is -2.10. The normalized spacial score (nSPS) is 11.0. The minimum absolute atomic E-state index is 0.155. The van der Waals surface area contributed by atoms with Gasteiger partial charge in [-0.25, -0.2) is 4.98 Å². The Labute approximate surface area is 177 Å². The van der Waals surface area contributed by atoms with Gasteiger partial charge in [-0.2, -0.15) is 0 Å². The van der Waals surface area contributed by atoms with Gasteiger partial charge in [-0.1, -0.05) is 30.3 Å². The molecule has 1 aromatic heterocycles. The Morgan fingerprint density at radius 1 is 0.967 bits per heavy atom. The molecule has 160 valence electrons. The molecule has 6 heteroatoms. The van der Waals surface area contributed by atoms with Gasteiger partial charge in [0.15, 0.2) is 0 Å². The molecule has 3 aromatic rings. The Bertz CT molecular complexity index is 937. The van der Waals surface area contributed by atoms with E-state index in [4.69, 9.17) is 14.5 Å². The molecule has 0 atom stereocenters. The lowest BCUT2D eigenvalue weighted by atomic mass is 10.2. The summed E-state index contributed by atoms with van der Waals surface area (Å²) in [6, 6.07) is 16.3. The first kappa shape index (κ1) is 21.8. The Kier molecular flexibility index (Phi) is 8.27. The van der Waals surface area contributed by atoms with Gasteiger partial charge < -0.3 is 18.8 Å². The lowest BCUT2D eigenvalue weighted by molar-refractivity contribution is -0.140. The maximum atomic E-state index is 11.2. The molecular weight excluding hydrogens is 380 g/mol. The maximum Gasteiger partial charge on any atom is 0.305 e. The number of unbranched alkanes of at least 4 members (excludes halogenated alkanes) is 2. The fourth-order valence-electron chi connectivity index (χ4n) is 3.43. The van der Waals surface area contributed by atoms with E-state index in [1.54, 1.807) is 7.11 Å². The Hall–Kier alpha value is -2.86. The van der Waals surface area contributed by atoms with Crippen LogP contribution in [0.4, 0.5) is 0 Å². The third-order valence-electron chi connectivity index (χ3n) is 5.00. The van der Waals surface area contributed by atoms with Gasteiger partial charge >= 0.3 is 5.97 Å². The SMILES string of the molecule is COCCCn1c(-c2ccccc2)nc2ccc(OCCCCCC(=O)OC)cc21. The number of carbonyl (C=O) groups excluding carboxylic acids is 1. The van der Waals surface area contributed by atoms with Gasteiger partial charge in [-0.3, -0.25) is 4.79 Å². The number of esters is 1. The summed E-state index contributed by atoms with van der Waals surface area (Å²) in [5.74, 6) is 1.64. The molecule has 0 unspecified atom stereocenters. The van der Waals surface area contributed by atoms with E-state index in [0.717, 1.165) is 60.4 Å². The van der Waals surface area contributed by atoms with Crippen molar-refractivity contribution in [3.05, 3.63) is 48.5 Å². The van der Waals surface area contributed by atoms with Crippen LogP contribution in [0.3, 0.4) is 0 Å². The van der Waals surface area contributed by atoms with Crippen LogP contribution in [0.2, 0.25) is 0 Å². The summed E-state index contributed by atoms with van der Waals surface area (Å²) in [5.41, 5.74) is 3.11. The molecule has 0 saturated carbocycles. The first-order valence-electron chi connectivity index (χ1n) is 10.5. The van der Waals surface area contributed by atoms with Crippen molar-refractivity contribution in [1.29, 1.82) is 0 Å². The van der Waals surface area contributed by atoms with Crippen LogP contribution in [-0.4, -0.2) is 43.0 Å². The summed E-state index contributed by atoms with van der Waals surface area (Å²) in [4.78, 5) is 16.0. The van der Waals surface area contributed by atoms with E-state index in [0.29, 0.717) is 19.6 Å². The predicted molar refractivity (Wildman–Crippen MR) is 118 cm³/mol. The molecule has 0 amide bonds. The van der Waals surface area contributed by atoms with E-state index in [-0.39, 0.29) is 5.97 Å². The molecule has 0 aliphatic rings. The van der Waals surface area contributed by atoms with Crippen molar-refractivity contribution in [3.8, 4) is 17.1 Å². The fraction of sp³-hybridized carbons (Fsp3) is 0.417. The van der Waals surface area contributed by atoms with Crippen LogP contribution in [0, 0.1) is 0 Å². The number of benzene rings is 2. The zero-order valence-electron chi connectivity index (χ0n) is 17.8. The van der Waals surface area contributed by atoms with Crippen LogP contribution in [0.25, 0.3) is 22.4 Å². The lowest BCUT2D eigenvalue weighted by Crippen LogP contribution is -2.04. The van der Waals surface area contributed by atoms with Crippen molar-refractivity contribution in [2.24, 2.45) is 0 Å². The number of rotatable bonds is 12. The maximum absolute atomic E-state index is 11.2. The highest BCUT2D eigenvalue weighted by Crippen LogP contribution is 2.28. The number of imidazole rings is 1. The summed E-state index contributed by atoms with van der Waals surface area (Å²) >= 11 is 0. The summed E-state index contributed by atoms with van der Waals surface area (Å²) in [7, 11) is 3.14. The molecule has 0 fully saturated rings. The summed E-state index contributed by atoms with van der Waals surface area (Å²) in [6.07, 6.45) is 4.03. The van der Waals surface area contributed by atoms with Crippen LogP contribution >= 0.6 is 0 Å². The molecule has 1 heterocycles. The minimum Gasteiger partial charge on any atom is -0.494 e. The highest BCUT2D eigenvalue weighted by Gasteiger charge is 2.13. The number of nitrogens with zero attached hydrogens (tertiary/aromatic N) is 2. The molecule has 30 heavy (non-hydrogen) atoms. The van der Waals surface area contributed by atoms with Crippen molar-refractivity contribution in [2.75, 3.05) is 27.4 Å². The highest BCUT2D eigenvalue weighted by atomic mass is 16.5. The van der Waals surface area contributed by atoms with Crippen LogP contribution in [0.15, 0.2) is 48.5 Å². The van der Waals surface area contributed by atoms with E-state index in [2.05, 4.69) is 27.5 Å². The van der Waals surface area contributed by atoms with Crippen molar-refractivity contribution in [1.82, 2.24) is 9.55 Å². The standard InChI is InChI=1S/C24H30N2O4/c1-28-16-9-15-26-22-18-20(30-17-8-4-7-12-23(27)29-2)13-14-21(22)25-24(26)19-10-5-3-6-11-19/h3,5-6,10-11,13-14,18H,4,7-9,12,15-17H2,1-2H3. The predicted octanol–water partition coefficient (Wildman–Crippen LogP) is 4.85. The first-order chi connectivity index (χ1) is 14.7. The Morgan fingerprint density at radius 3 is 2.57 bits per heavy atom. The number of fused-ring (bicyclic) bond motifs is 1. The van der Waals surface area contributed by atoms with E-state index in [9.17, 15) is 4.79 Å². The van der Waals surface area contributed by atoms with Crippen molar-refractivity contribution < 1.29 is 19.0 Å². The summed E-state index contributed by atoms with van der Waals surface area (Å²) in [5, 5.41) is 0. The van der Waals surface area contributed by atoms with E-state index in [1.165, 1.54) is 7.11 Å². The number of ether oxygens (including phenoxy) is 3. The van der Waals surface area contributed by atoms with E-state index >= 15 is 0 Å². The van der Waals surface area contributed by atoms with Crippen LogP contribution in [-0.2, 0) is 20.8 Å². The molecule has 0 spiro atoms. The van der Waals surface area contributed by atoms with Crippen LogP contribution in [0.1, 0.15) is 32.1 Å². The van der Waals surface area contributed by atoms with Crippen LogP contribution in [0.5, 0.6) is 5.75 Å². The number of aryl methyl sites for hydroxylation is 1. The molecule has 0 aliphatic heterocycles. The van der Waals surface area contributed by atoms with Gasteiger partial charge in [0.25, 0.3) is 0 Å². The van der Waals surface area contributed by atoms with Gasteiger partial charge in [0.2, 0.25) is 0 Å². The summed E-state index contributed by atoms with van der Waals surface area (Å²) in [6.45, 7) is 2.15. The second-order valence-corrected chi connectivity index (χ2v) is 7.19. The highest BCUT2D eigenvalue weighted by molar-refractivity contribution is 5.82. The molecule has 0 aliphatic carbocycles. The average molecular weight is 411 g/mol. The monoisotopic (exact) mass is 410 g/mol. The number of aromatic nitrogens is 2. The quantitative estimate of drug-likeness (QED) is 0.315. The number of methoxy groups -OCH3 is 2. The Morgan fingerprint density at radius 2 is 1.80 bits per heavy atom. The topological polar surface area (TPSA) is 62.6 Å². The largest absolute Gasteiger partial charge is 0.494 e. The molecule has 6 nitrogen and oxygen atoms in total. The van der Waals surface area contributed by atoms with Crippen LogP contribution < -0.4 is 4.74 Å². The molecule has 3 rings (SSSR count). The molecule has 0 N–H and O–H groups in total. The van der Waals surface area contributed by atoms with Gasteiger partial charge in [-0.15, -0.1) is 0 Å². The molecule has 0 bridgehead atoms. The van der Waals surface area contributed by atoms with Gasteiger partial charge in [-0.05, 0) is 37.8 Å². The molecule has 2 aromatic carbocycles. The Balaban J connectivity index is 1.70. The second kappa shape index (κ2) is 11.4. The second-order valence-electron chi connectivity index (χ2n) is 7.19. The molecular formula is C24H30N2O4. The van der Waals surface area contributed by atoms with Gasteiger partial charge in [0.1, 0.15) is 11.6 Å². The fourth-order valence-corrected chi connectivity index (χ4v) is 3.43. The number of carbonyl (C=O) groups is 1. The van der Waals surface area contributed by atoms with Gasteiger partial charge in [0, 0.05) is 38.3 Å². The zero-order chi connectivity index (χ0) is 21.2. The molecule has 0 saturated heterocycles. The molecule has 0 radical (unpaired) electrons. The zero-order valence-corrected chi connectivity index (χ0v) is 17.8. The van der Waals surface area contributed by atoms with E-state index < -0.39 is 0 Å². The van der Waals surface area contributed by atoms with Gasteiger partial charge in [0.05, 0.1) is 24.8 Å². The average Bonchev–Trinajstić information content (AvgIpc) is 3.14. The number of hydrogen-bond acceptors (Lipinski definition) is 5.